The van der Waals surface area contributed by atoms with Crippen LogP contribution in [0.4, 0.5) is 10.5 Å². The van der Waals surface area contributed by atoms with Gasteiger partial charge in [-0.15, -0.1) is 6.42 Å². The summed E-state index contributed by atoms with van der Waals surface area (Å²) in [4.78, 5) is 42.2. The van der Waals surface area contributed by atoms with Gasteiger partial charge in [0, 0.05) is 17.8 Å². The summed E-state index contributed by atoms with van der Waals surface area (Å²) in [7, 11) is 0. The molecule has 3 aromatic rings. The summed E-state index contributed by atoms with van der Waals surface area (Å²) in [5, 5.41) is 7.75. The normalized spacial score (nSPS) is 12.8. The molecule has 2 N–H and O–H groups in total. The summed E-state index contributed by atoms with van der Waals surface area (Å²) in [6.07, 6.45) is 5.49. The minimum atomic E-state index is -1.04. The van der Waals surface area contributed by atoms with Gasteiger partial charge in [-0.1, -0.05) is 68.3 Å². The van der Waals surface area contributed by atoms with Gasteiger partial charge in [0.05, 0.1) is 0 Å². The number of hydrogen-bond donors (Lipinski definition) is 2. The van der Waals surface area contributed by atoms with Crippen molar-refractivity contribution in [3.63, 3.8) is 0 Å². The van der Waals surface area contributed by atoms with Gasteiger partial charge in [0.25, 0.3) is 5.91 Å². The summed E-state index contributed by atoms with van der Waals surface area (Å²) in [6, 6.07) is 18.7. The number of carbonyl (C=O) groups is 3. The third-order valence-electron chi connectivity index (χ3n) is 6.31. The molecule has 40 heavy (non-hydrogen) atoms. The van der Waals surface area contributed by atoms with Gasteiger partial charge >= 0.3 is 6.09 Å². The molecule has 0 radical (unpaired) electrons. The summed E-state index contributed by atoms with van der Waals surface area (Å²) >= 11 is 0. The van der Waals surface area contributed by atoms with Crippen LogP contribution in [-0.4, -0.2) is 41.0 Å². The highest BCUT2D eigenvalue weighted by Crippen LogP contribution is 2.28. The molecule has 3 rings (SSSR count). The molecule has 0 saturated carbocycles. The lowest BCUT2D eigenvalue weighted by molar-refractivity contribution is -0.140. The van der Waals surface area contributed by atoms with Crippen LogP contribution in [0.25, 0.3) is 10.8 Å². The first kappa shape index (κ1) is 30.2. The second kappa shape index (κ2) is 13.2. The topological polar surface area (TPSA) is 87.7 Å². The molecular weight excluding hydrogens is 502 g/mol. The maximum atomic E-state index is 14.1. The second-order valence-electron chi connectivity index (χ2n) is 11.1. The third kappa shape index (κ3) is 7.86. The fourth-order valence-corrected chi connectivity index (χ4v) is 4.60. The van der Waals surface area contributed by atoms with E-state index in [0.717, 1.165) is 10.8 Å². The molecular formula is C33H39N3O4. The molecule has 0 aliphatic rings. The first-order chi connectivity index (χ1) is 18.9. The van der Waals surface area contributed by atoms with Crippen molar-refractivity contribution in [2.45, 2.75) is 65.6 Å². The lowest BCUT2D eigenvalue weighted by atomic mass is 9.96. The van der Waals surface area contributed by atoms with E-state index >= 15 is 0 Å². The standard InChI is InChI=1S/C33H39N3O4/c1-8-23-14-12-13-17-27(23)29(30(37)34-26-19-18-24-15-10-11-16-25(24)21-26)36(9-2)31(38)28(20-22(3)4)35-32(39)40-33(5,6)7/h1,10-19,21-22,28-29H,9,20H2,2-7H3,(H,34,37)(H,35,39). The maximum Gasteiger partial charge on any atom is 0.408 e. The van der Waals surface area contributed by atoms with E-state index in [1.807, 2.05) is 56.3 Å². The zero-order valence-corrected chi connectivity index (χ0v) is 24.2. The number of ether oxygens (including phenoxy) is 1. The van der Waals surface area contributed by atoms with Gasteiger partial charge in [0.1, 0.15) is 17.7 Å². The first-order valence-corrected chi connectivity index (χ1v) is 13.6. The van der Waals surface area contributed by atoms with Crippen LogP contribution in [0.1, 0.15) is 65.1 Å². The summed E-state index contributed by atoms with van der Waals surface area (Å²) in [5.41, 5.74) is 0.904. The third-order valence-corrected chi connectivity index (χ3v) is 6.31. The lowest BCUT2D eigenvalue weighted by Gasteiger charge is -2.34. The van der Waals surface area contributed by atoms with E-state index in [4.69, 9.17) is 11.2 Å². The zero-order chi connectivity index (χ0) is 29.4. The van der Waals surface area contributed by atoms with Crippen LogP contribution in [-0.2, 0) is 14.3 Å². The molecule has 0 saturated heterocycles. The Labute approximate surface area is 237 Å². The van der Waals surface area contributed by atoms with Crippen LogP contribution in [0.3, 0.4) is 0 Å². The Kier molecular flexibility index (Phi) is 9.95. The molecule has 2 atom stereocenters. The van der Waals surface area contributed by atoms with Crippen molar-refractivity contribution in [3.8, 4) is 12.3 Å². The Morgan fingerprint density at radius 2 is 1.62 bits per heavy atom. The predicted octanol–water partition coefficient (Wildman–Crippen LogP) is 6.29. The highest BCUT2D eigenvalue weighted by molar-refractivity contribution is 6.00. The van der Waals surface area contributed by atoms with E-state index in [1.54, 1.807) is 52.0 Å². The summed E-state index contributed by atoms with van der Waals surface area (Å²) in [6.45, 7) is 11.2. The van der Waals surface area contributed by atoms with Crippen molar-refractivity contribution in [2.24, 2.45) is 5.92 Å². The molecule has 7 heteroatoms. The number of carbonyl (C=O) groups excluding carboxylic acids is 3. The zero-order valence-electron chi connectivity index (χ0n) is 24.2. The van der Waals surface area contributed by atoms with E-state index in [0.29, 0.717) is 23.2 Å². The number of amides is 3. The van der Waals surface area contributed by atoms with Crippen molar-refractivity contribution in [1.82, 2.24) is 10.2 Å². The van der Waals surface area contributed by atoms with Gasteiger partial charge in [0.2, 0.25) is 5.91 Å². The highest BCUT2D eigenvalue weighted by Gasteiger charge is 2.36. The smallest absolute Gasteiger partial charge is 0.408 e. The van der Waals surface area contributed by atoms with Gasteiger partial charge in [-0.05, 0) is 74.6 Å². The number of benzene rings is 3. The molecule has 3 amide bonds. The maximum absolute atomic E-state index is 14.1. The highest BCUT2D eigenvalue weighted by atomic mass is 16.6. The Bertz CT molecular complexity index is 1400. The van der Waals surface area contributed by atoms with Crippen molar-refractivity contribution in [3.05, 3.63) is 77.9 Å². The number of rotatable bonds is 9. The molecule has 0 aromatic heterocycles. The fourth-order valence-electron chi connectivity index (χ4n) is 4.60. The van der Waals surface area contributed by atoms with Crippen LogP contribution >= 0.6 is 0 Å². The molecule has 7 nitrogen and oxygen atoms in total. The number of terminal acetylenes is 1. The van der Waals surface area contributed by atoms with E-state index < -0.39 is 35.6 Å². The number of hydrogen-bond acceptors (Lipinski definition) is 4. The van der Waals surface area contributed by atoms with Gasteiger partial charge < -0.3 is 20.3 Å². The molecule has 0 aliphatic heterocycles. The van der Waals surface area contributed by atoms with E-state index in [9.17, 15) is 14.4 Å². The quantitative estimate of drug-likeness (QED) is 0.312. The Hall–Kier alpha value is -4.31. The second-order valence-corrected chi connectivity index (χ2v) is 11.1. The van der Waals surface area contributed by atoms with Crippen LogP contribution in [0.15, 0.2) is 66.7 Å². The number of nitrogens with one attached hydrogen (secondary N) is 2. The largest absolute Gasteiger partial charge is 0.444 e. The van der Waals surface area contributed by atoms with Crippen molar-refractivity contribution in [2.75, 3.05) is 11.9 Å². The van der Waals surface area contributed by atoms with Gasteiger partial charge in [-0.3, -0.25) is 9.59 Å². The summed E-state index contributed by atoms with van der Waals surface area (Å²) in [5.74, 6) is 1.93. The van der Waals surface area contributed by atoms with Gasteiger partial charge in [-0.25, -0.2) is 4.79 Å². The van der Waals surface area contributed by atoms with E-state index in [2.05, 4.69) is 16.6 Å². The Morgan fingerprint density at radius 3 is 2.25 bits per heavy atom. The predicted molar refractivity (Wildman–Crippen MR) is 160 cm³/mol. The molecule has 210 valence electrons. The first-order valence-electron chi connectivity index (χ1n) is 13.6. The van der Waals surface area contributed by atoms with Gasteiger partial charge in [-0.2, -0.15) is 0 Å². The Morgan fingerprint density at radius 1 is 0.975 bits per heavy atom. The minimum absolute atomic E-state index is 0.0884. The molecule has 0 bridgehead atoms. The summed E-state index contributed by atoms with van der Waals surface area (Å²) < 4.78 is 5.43. The monoisotopic (exact) mass is 541 g/mol. The van der Waals surface area contributed by atoms with E-state index in [1.165, 1.54) is 4.90 Å². The van der Waals surface area contributed by atoms with Crippen LogP contribution < -0.4 is 10.6 Å². The Balaban J connectivity index is 2.01. The number of likely N-dealkylation sites (N-methyl/N-ethyl adjacent to an activating group) is 1. The molecule has 0 spiro atoms. The van der Waals surface area contributed by atoms with Crippen LogP contribution in [0.5, 0.6) is 0 Å². The molecule has 2 unspecified atom stereocenters. The van der Waals surface area contributed by atoms with Crippen molar-refractivity contribution in [1.29, 1.82) is 0 Å². The number of alkyl carbamates (subject to hydrolysis) is 1. The minimum Gasteiger partial charge on any atom is -0.444 e. The van der Waals surface area contributed by atoms with Crippen molar-refractivity contribution >= 4 is 34.4 Å². The molecule has 3 aromatic carbocycles. The average molecular weight is 542 g/mol. The SMILES string of the molecule is C#Cc1ccccc1C(C(=O)Nc1ccc2ccccc2c1)N(CC)C(=O)C(CC(C)C)NC(=O)OC(C)(C)C. The number of anilines is 1. The van der Waals surface area contributed by atoms with Crippen LogP contribution in [0, 0.1) is 18.3 Å². The van der Waals surface area contributed by atoms with E-state index in [-0.39, 0.29) is 12.5 Å². The van der Waals surface area contributed by atoms with Crippen molar-refractivity contribution < 1.29 is 19.1 Å². The van der Waals surface area contributed by atoms with Gasteiger partial charge in [0.15, 0.2) is 0 Å². The molecule has 0 heterocycles. The fraction of sp³-hybridized carbons (Fsp3) is 0.364. The number of fused-ring (bicyclic) bond motifs is 1. The van der Waals surface area contributed by atoms with Crippen LogP contribution in [0.2, 0.25) is 0 Å². The molecule has 0 aliphatic carbocycles. The average Bonchev–Trinajstić information content (AvgIpc) is 2.89. The lowest BCUT2D eigenvalue weighted by Crippen LogP contribution is -2.52. The number of nitrogens with zero attached hydrogens (tertiary/aromatic N) is 1. The molecule has 0 fully saturated rings.